The average molecular weight is 393 g/mol. The van der Waals surface area contributed by atoms with Gasteiger partial charge in [0.1, 0.15) is 5.75 Å². The van der Waals surface area contributed by atoms with Gasteiger partial charge in [0.15, 0.2) is 5.96 Å². The summed E-state index contributed by atoms with van der Waals surface area (Å²) < 4.78 is 46.5. The maximum absolute atomic E-state index is 13.6. The Balaban J connectivity index is 1.75. The molecule has 8 heteroatoms. The van der Waals surface area contributed by atoms with Gasteiger partial charge in [0, 0.05) is 19.0 Å². The lowest BCUT2D eigenvalue weighted by molar-refractivity contribution is -0.263. The number of alkyl halides is 3. The Morgan fingerprint density at radius 2 is 1.82 bits per heavy atom. The number of fused-ring (bicyclic) bond motifs is 1. The predicted molar refractivity (Wildman–Crippen MR) is 100 cm³/mol. The summed E-state index contributed by atoms with van der Waals surface area (Å²) >= 11 is 0. The molecule has 5 nitrogen and oxygen atoms in total. The van der Waals surface area contributed by atoms with Crippen LogP contribution >= 0.6 is 0 Å². The van der Waals surface area contributed by atoms with Crippen LogP contribution in [-0.4, -0.2) is 37.4 Å². The fraction of sp³-hybridized carbons (Fsp3) is 0.350. The van der Waals surface area contributed by atoms with Crippen molar-refractivity contribution in [3.05, 3.63) is 65.7 Å². The lowest BCUT2D eigenvalue weighted by atomic mass is 9.93. The summed E-state index contributed by atoms with van der Waals surface area (Å²) in [5, 5.41) is 16.2. The summed E-state index contributed by atoms with van der Waals surface area (Å²) in [5.74, 6) is 0.901. The quantitative estimate of drug-likeness (QED) is 0.552. The number of hydrogen-bond donors (Lipinski definition) is 3. The van der Waals surface area contributed by atoms with Gasteiger partial charge < -0.3 is 20.5 Å². The van der Waals surface area contributed by atoms with E-state index >= 15 is 0 Å². The third kappa shape index (κ3) is 4.06. The molecule has 1 aliphatic heterocycles. The molecule has 2 aromatic carbocycles. The van der Waals surface area contributed by atoms with Crippen molar-refractivity contribution in [2.24, 2.45) is 4.99 Å². The molecule has 3 rings (SSSR count). The van der Waals surface area contributed by atoms with Crippen LogP contribution in [-0.2, 0) is 5.60 Å². The van der Waals surface area contributed by atoms with Crippen LogP contribution in [0.1, 0.15) is 23.6 Å². The van der Waals surface area contributed by atoms with Gasteiger partial charge in [0.05, 0.1) is 19.2 Å². The van der Waals surface area contributed by atoms with Gasteiger partial charge in [-0.15, -0.1) is 0 Å². The number of benzene rings is 2. The largest absolute Gasteiger partial charge is 0.493 e. The second kappa shape index (κ2) is 8.10. The van der Waals surface area contributed by atoms with Crippen LogP contribution in [0.15, 0.2) is 59.6 Å². The molecule has 0 fully saturated rings. The molecular weight excluding hydrogens is 371 g/mol. The third-order valence-electron chi connectivity index (χ3n) is 4.73. The van der Waals surface area contributed by atoms with Gasteiger partial charge >= 0.3 is 6.18 Å². The highest BCUT2D eigenvalue weighted by molar-refractivity contribution is 5.80. The van der Waals surface area contributed by atoms with Crippen LogP contribution < -0.4 is 15.4 Å². The Morgan fingerprint density at radius 3 is 2.50 bits per heavy atom. The smallest absolute Gasteiger partial charge is 0.423 e. The van der Waals surface area contributed by atoms with Crippen LogP contribution in [0.2, 0.25) is 0 Å². The molecule has 150 valence electrons. The van der Waals surface area contributed by atoms with Gasteiger partial charge in [0.2, 0.25) is 5.60 Å². The van der Waals surface area contributed by atoms with E-state index in [1.165, 1.54) is 31.3 Å². The summed E-state index contributed by atoms with van der Waals surface area (Å²) in [6.45, 7) is -0.284. The Labute approximate surface area is 161 Å². The normalized spacial score (nSPS) is 19.2. The van der Waals surface area contributed by atoms with E-state index in [0.717, 1.165) is 11.3 Å². The molecular formula is C20H22F3N3O2. The van der Waals surface area contributed by atoms with E-state index < -0.39 is 18.3 Å². The minimum atomic E-state index is -4.86. The number of nitrogens with one attached hydrogen (secondary N) is 2. The highest BCUT2D eigenvalue weighted by atomic mass is 19.4. The molecule has 3 N–H and O–H groups in total. The molecule has 0 radical (unpaired) electrons. The van der Waals surface area contributed by atoms with Gasteiger partial charge in [-0.1, -0.05) is 48.5 Å². The number of para-hydroxylation sites is 1. The third-order valence-corrected chi connectivity index (χ3v) is 4.73. The number of guanidine groups is 1. The summed E-state index contributed by atoms with van der Waals surface area (Å²) in [5.41, 5.74) is -2.37. The maximum Gasteiger partial charge on any atom is 0.423 e. The van der Waals surface area contributed by atoms with Gasteiger partial charge in [-0.05, 0) is 11.6 Å². The minimum Gasteiger partial charge on any atom is -0.493 e. The van der Waals surface area contributed by atoms with E-state index in [0.29, 0.717) is 13.0 Å². The molecule has 2 aromatic rings. The topological polar surface area (TPSA) is 65.9 Å². The monoisotopic (exact) mass is 393 g/mol. The van der Waals surface area contributed by atoms with Gasteiger partial charge in [-0.25, -0.2) is 0 Å². The average Bonchev–Trinajstić information content (AvgIpc) is 2.70. The molecule has 0 amide bonds. The first-order valence-electron chi connectivity index (χ1n) is 8.88. The maximum atomic E-state index is 13.6. The molecule has 2 atom stereocenters. The molecule has 0 saturated carbocycles. The summed E-state index contributed by atoms with van der Waals surface area (Å²) in [4.78, 5) is 4.01. The molecule has 2 unspecified atom stereocenters. The van der Waals surface area contributed by atoms with Crippen molar-refractivity contribution in [3.63, 3.8) is 0 Å². The van der Waals surface area contributed by atoms with Gasteiger partial charge in [-0.2, -0.15) is 13.2 Å². The van der Waals surface area contributed by atoms with Gasteiger partial charge in [-0.3, -0.25) is 4.99 Å². The number of hydrogen-bond acceptors (Lipinski definition) is 3. The molecule has 0 spiro atoms. The number of aliphatic imine (C=N–C) groups is 1. The number of aliphatic hydroxyl groups is 1. The van der Waals surface area contributed by atoms with Gasteiger partial charge in [0.25, 0.3) is 0 Å². The number of ether oxygens (including phenoxy) is 1. The molecule has 0 bridgehead atoms. The Morgan fingerprint density at radius 1 is 1.14 bits per heavy atom. The molecule has 0 aliphatic carbocycles. The van der Waals surface area contributed by atoms with Crippen LogP contribution in [0, 0.1) is 0 Å². The Bertz CT molecular complexity index is 827. The van der Waals surface area contributed by atoms with Crippen molar-refractivity contribution < 1.29 is 23.0 Å². The van der Waals surface area contributed by atoms with E-state index in [4.69, 9.17) is 4.74 Å². The molecule has 28 heavy (non-hydrogen) atoms. The minimum absolute atomic E-state index is 0.160. The van der Waals surface area contributed by atoms with Crippen molar-refractivity contribution in [1.82, 2.24) is 10.6 Å². The summed E-state index contributed by atoms with van der Waals surface area (Å²) in [6.07, 6.45) is -4.22. The second-order valence-electron chi connectivity index (χ2n) is 6.52. The zero-order valence-corrected chi connectivity index (χ0v) is 15.3. The first-order chi connectivity index (χ1) is 13.3. The van der Waals surface area contributed by atoms with E-state index in [2.05, 4.69) is 15.6 Å². The van der Waals surface area contributed by atoms with Crippen LogP contribution in [0.3, 0.4) is 0 Å². The van der Waals surface area contributed by atoms with E-state index in [1.807, 2.05) is 24.3 Å². The standard InChI is InChI=1S/C20H22F3N3O2/c1-24-18(26-16-11-12-28-17-10-6-5-9-15(16)17)25-13-19(27,20(21,22)23)14-7-3-2-4-8-14/h2-10,16,27H,11-13H2,1H3,(H2,24,25,26). The molecule has 0 saturated heterocycles. The van der Waals surface area contributed by atoms with E-state index in [-0.39, 0.29) is 17.6 Å². The van der Waals surface area contributed by atoms with Crippen molar-refractivity contribution in [3.8, 4) is 5.75 Å². The van der Waals surface area contributed by atoms with E-state index in [1.54, 1.807) is 6.07 Å². The van der Waals surface area contributed by atoms with Crippen molar-refractivity contribution in [2.75, 3.05) is 20.2 Å². The zero-order chi connectivity index (χ0) is 20.2. The Kier molecular flexibility index (Phi) is 5.79. The fourth-order valence-electron chi connectivity index (χ4n) is 3.14. The fourth-order valence-corrected chi connectivity index (χ4v) is 3.14. The predicted octanol–water partition coefficient (Wildman–Crippen LogP) is 3.13. The lowest BCUT2D eigenvalue weighted by Crippen LogP contribution is -2.53. The SMILES string of the molecule is CN=C(NCC(O)(c1ccccc1)C(F)(F)F)NC1CCOc2ccccc21. The van der Waals surface area contributed by atoms with Crippen LogP contribution in [0.5, 0.6) is 5.75 Å². The first-order valence-corrected chi connectivity index (χ1v) is 8.88. The summed E-state index contributed by atoms with van der Waals surface area (Å²) in [7, 11) is 1.47. The lowest BCUT2D eigenvalue weighted by Gasteiger charge is -2.33. The number of rotatable bonds is 4. The molecule has 0 aromatic heterocycles. The summed E-state index contributed by atoms with van der Waals surface area (Å²) in [6, 6.07) is 14.3. The highest BCUT2D eigenvalue weighted by Gasteiger charge is 2.55. The van der Waals surface area contributed by atoms with E-state index in [9.17, 15) is 18.3 Å². The first kappa shape index (κ1) is 20.0. The Hall–Kier alpha value is -2.74. The highest BCUT2D eigenvalue weighted by Crippen LogP contribution is 2.38. The molecule has 1 aliphatic rings. The van der Waals surface area contributed by atoms with Crippen LogP contribution in [0.4, 0.5) is 13.2 Å². The van der Waals surface area contributed by atoms with Crippen LogP contribution in [0.25, 0.3) is 0 Å². The number of halogens is 3. The second-order valence-corrected chi connectivity index (χ2v) is 6.52. The van der Waals surface area contributed by atoms with Crippen molar-refractivity contribution >= 4 is 5.96 Å². The van der Waals surface area contributed by atoms with Crippen molar-refractivity contribution in [1.29, 1.82) is 0 Å². The molecule has 1 heterocycles. The number of nitrogens with zero attached hydrogens (tertiary/aromatic N) is 1. The van der Waals surface area contributed by atoms with Crippen molar-refractivity contribution in [2.45, 2.75) is 24.2 Å². The zero-order valence-electron chi connectivity index (χ0n) is 15.3.